The summed E-state index contributed by atoms with van der Waals surface area (Å²) in [6.45, 7) is 3.05. The van der Waals surface area contributed by atoms with E-state index in [-0.39, 0.29) is 0 Å². The van der Waals surface area contributed by atoms with Gasteiger partial charge >= 0.3 is 0 Å². The molecule has 0 aromatic heterocycles. The molecule has 0 N–H and O–H groups in total. The second-order valence-corrected chi connectivity index (χ2v) is 4.02. The molecule has 1 heterocycles. The highest BCUT2D eigenvalue weighted by molar-refractivity contribution is 5.51. The molecule has 1 aliphatic carbocycles. The summed E-state index contributed by atoms with van der Waals surface area (Å²) in [5.41, 5.74) is 3.19. The van der Waals surface area contributed by atoms with Crippen molar-refractivity contribution < 1.29 is 4.74 Å². The molecule has 62 valence electrons. The van der Waals surface area contributed by atoms with Crippen molar-refractivity contribution in [3.05, 3.63) is 29.3 Å². The average molecular weight is 160 g/mol. The van der Waals surface area contributed by atoms with Crippen LogP contribution in [0, 0.1) is 6.92 Å². The number of para-hydroxylation sites is 1. The van der Waals surface area contributed by atoms with Crippen molar-refractivity contribution in [3.8, 4) is 5.75 Å². The Kier molecular flexibility index (Phi) is 1.00. The fourth-order valence-corrected chi connectivity index (χ4v) is 2.11. The van der Waals surface area contributed by atoms with E-state index in [0.717, 1.165) is 12.4 Å². The van der Waals surface area contributed by atoms with Gasteiger partial charge in [0.15, 0.2) is 0 Å². The van der Waals surface area contributed by atoms with Crippen molar-refractivity contribution in [1.29, 1.82) is 0 Å². The minimum atomic E-state index is 0.446. The van der Waals surface area contributed by atoms with Crippen LogP contribution in [0.25, 0.3) is 0 Å². The number of aryl methyl sites for hydroxylation is 1. The Morgan fingerprint density at radius 2 is 2.17 bits per heavy atom. The lowest BCUT2D eigenvalue weighted by Gasteiger charge is -2.03. The van der Waals surface area contributed by atoms with Gasteiger partial charge in [-0.1, -0.05) is 18.2 Å². The monoisotopic (exact) mass is 160 g/mol. The first kappa shape index (κ1) is 6.53. The molecule has 0 bridgehead atoms. The maximum absolute atomic E-state index is 5.71. The molecule has 1 aliphatic heterocycles. The lowest BCUT2D eigenvalue weighted by Crippen LogP contribution is -2.06. The Hall–Kier alpha value is -0.980. The van der Waals surface area contributed by atoms with Gasteiger partial charge in [0, 0.05) is 11.0 Å². The van der Waals surface area contributed by atoms with E-state index < -0.39 is 0 Å². The number of hydrogen-bond acceptors (Lipinski definition) is 1. The van der Waals surface area contributed by atoms with Gasteiger partial charge in [0.1, 0.15) is 5.75 Å². The molecule has 1 heteroatoms. The fourth-order valence-electron chi connectivity index (χ4n) is 2.11. The SMILES string of the molecule is Cc1cccc2c1OCC21CC1. The Balaban J connectivity index is 2.23. The topological polar surface area (TPSA) is 9.23 Å². The summed E-state index contributed by atoms with van der Waals surface area (Å²) in [7, 11) is 0. The summed E-state index contributed by atoms with van der Waals surface area (Å²) in [5.74, 6) is 1.16. The molecule has 1 nitrogen and oxygen atoms in total. The van der Waals surface area contributed by atoms with Gasteiger partial charge in [-0.15, -0.1) is 0 Å². The van der Waals surface area contributed by atoms with Crippen LogP contribution in [0.4, 0.5) is 0 Å². The highest BCUT2D eigenvalue weighted by Gasteiger charge is 2.50. The molecule has 0 unspecified atom stereocenters. The van der Waals surface area contributed by atoms with Crippen LogP contribution in [-0.4, -0.2) is 6.61 Å². The van der Waals surface area contributed by atoms with Crippen LogP contribution in [0.2, 0.25) is 0 Å². The van der Waals surface area contributed by atoms with Gasteiger partial charge in [0.25, 0.3) is 0 Å². The lowest BCUT2D eigenvalue weighted by atomic mass is 9.97. The van der Waals surface area contributed by atoms with Crippen molar-refractivity contribution in [2.45, 2.75) is 25.2 Å². The maximum atomic E-state index is 5.71. The molecule has 0 amide bonds. The number of rotatable bonds is 0. The van der Waals surface area contributed by atoms with Crippen LogP contribution < -0.4 is 4.74 Å². The predicted molar refractivity (Wildman–Crippen MR) is 47.6 cm³/mol. The van der Waals surface area contributed by atoms with E-state index in [9.17, 15) is 0 Å². The second-order valence-electron chi connectivity index (χ2n) is 4.02. The van der Waals surface area contributed by atoms with E-state index in [1.54, 1.807) is 0 Å². The minimum Gasteiger partial charge on any atom is -0.492 e. The number of hydrogen-bond donors (Lipinski definition) is 0. The van der Waals surface area contributed by atoms with Crippen LogP contribution in [0.1, 0.15) is 24.0 Å². The zero-order chi connectivity index (χ0) is 8.18. The van der Waals surface area contributed by atoms with Gasteiger partial charge in [0.2, 0.25) is 0 Å². The molecule has 1 aromatic carbocycles. The zero-order valence-electron chi connectivity index (χ0n) is 7.26. The first-order valence-electron chi connectivity index (χ1n) is 4.55. The molecule has 1 saturated carbocycles. The molecule has 2 aliphatic rings. The van der Waals surface area contributed by atoms with Crippen LogP contribution in [0.3, 0.4) is 0 Å². The summed E-state index contributed by atoms with van der Waals surface area (Å²) < 4.78 is 5.71. The highest BCUT2D eigenvalue weighted by Crippen LogP contribution is 2.55. The van der Waals surface area contributed by atoms with E-state index in [4.69, 9.17) is 4.74 Å². The van der Waals surface area contributed by atoms with Crippen molar-refractivity contribution in [3.63, 3.8) is 0 Å². The Morgan fingerprint density at radius 1 is 1.33 bits per heavy atom. The summed E-state index contributed by atoms with van der Waals surface area (Å²) in [6, 6.07) is 6.49. The first-order chi connectivity index (χ1) is 5.82. The molecule has 1 fully saturated rings. The second kappa shape index (κ2) is 1.85. The number of benzene rings is 1. The zero-order valence-corrected chi connectivity index (χ0v) is 7.26. The van der Waals surface area contributed by atoms with Crippen LogP contribution in [0.5, 0.6) is 5.75 Å². The molecule has 0 atom stereocenters. The summed E-state index contributed by atoms with van der Waals surface area (Å²) in [4.78, 5) is 0. The van der Waals surface area contributed by atoms with Gasteiger partial charge in [-0.05, 0) is 25.3 Å². The predicted octanol–water partition coefficient (Wildman–Crippen LogP) is 2.42. The van der Waals surface area contributed by atoms with Gasteiger partial charge in [0.05, 0.1) is 6.61 Å². The van der Waals surface area contributed by atoms with E-state index in [1.165, 1.54) is 24.0 Å². The summed E-state index contributed by atoms with van der Waals surface area (Å²) >= 11 is 0. The number of fused-ring (bicyclic) bond motifs is 2. The normalized spacial score (nSPS) is 22.1. The molecule has 1 aromatic rings. The van der Waals surface area contributed by atoms with Crippen molar-refractivity contribution in [2.75, 3.05) is 6.61 Å². The van der Waals surface area contributed by atoms with Crippen LogP contribution >= 0.6 is 0 Å². The molecule has 12 heavy (non-hydrogen) atoms. The quantitative estimate of drug-likeness (QED) is 0.566. The Morgan fingerprint density at radius 3 is 2.92 bits per heavy atom. The Bertz CT molecular complexity index is 337. The van der Waals surface area contributed by atoms with Crippen LogP contribution in [-0.2, 0) is 5.41 Å². The van der Waals surface area contributed by atoms with E-state index in [2.05, 4.69) is 25.1 Å². The van der Waals surface area contributed by atoms with E-state index in [0.29, 0.717) is 5.41 Å². The Labute approximate surface area is 72.4 Å². The lowest BCUT2D eigenvalue weighted by molar-refractivity contribution is 0.322. The van der Waals surface area contributed by atoms with Crippen molar-refractivity contribution in [1.82, 2.24) is 0 Å². The van der Waals surface area contributed by atoms with Crippen molar-refractivity contribution >= 4 is 0 Å². The van der Waals surface area contributed by atoms with Gasteiger partial charge in [-0.2, -0.15) is 0 Å². The van der Waals surface area contributed by atoms with Crippen LogP contribution in [0.15, 0.2) is 18.2 Å². The summed E-state index contributed by atoms with van der Waals surface area (Å²) in [6.07, 6.45) is 2.65. The third-order valence-electron chi connectivity index (χ3n) is 3.13. The average Bonchev–Trinajstić information content (AvgIpc) is 2.73. The fraction of sp³-hybridized carbons (Fsp3) is 0.455. The maximum Gasteiger partial charge on any atom is 0.126 e. The largest absolute Gasteiger partial charge is 0.492 e. The molecule has 1 spiro atoms. The molecular weight excluding hydrogens is 148 g/mol. The first-order valence-corrected chi connectivity index (χ1v) is 4.55. The van der Waals surface area contributed by atoms with Gasteiger partial charge < -0.3 is 4.74 Å². The molecular formula is C11H12O. The third-order valence-corrected chi connectivity index (χ3v) is 3.13. The third kappa shape index (κ3) is 0.644. The molecule has 0 saturated heterocycles. The molecule has 3 rings (SSSR count). The van der Waals surface area contributed by atoms with E-state index >= 15 is 0 Å². The minimum absolute atomic E-state index is 0.446. The van der Waals surface area contributed by atoms with E-state index in [1.807, 2.05) is 0 Å². The highest BCUT2D eigenvalue weighted by atomic mass is 16.5. The van der Waals surface area contributed by atoms with Gasteiger partial charge in [-0.3, -0.25) is 0 Å². The van der Waals surface area contributed by atoms with Gasteiger partial charge in [-0.25, -0.2) is 0 Å². The standard InChI is InChI=1S/C11H12O/c1-8-3-2-4-9-10(8)12-7-11(9)5-6-11/h2-4H,5-7H2,1H3. The smallest absolute Gasteiger partial charge is 0.126 e. The molecule has 0 radical (unpaired) electrons. The summed E-state index contributed by atoms with van der Waals surface area (Å²) in [5, 5.41) is 0. The van der Waals surface area contributed by atoms with Crippen molar-refractivity contribution in [2.24, 2.45) is 0 Å². The number of ether oxygens (including phenoxy) is 1.